The SMILES string of the molecule is CCOC(=O)C=C1CCN(O)CC1. The fraction of sp³-hybridized carbons (Fsp3) is 0.667. The highest BCUT2D eigenvalue weighted by Gasteiger charge is 2.12. The van der Waals surface area contributed by atoms with Crippen molar-refractivity contribution < 1.29 is 14.7 Å². The molecule has 1 heterocycles. The number of carbonyl (C=O) groups is 1. The smallest absolute Gasteiger partial charge is 0.330 e. The number of hydrogen-bond acceptors (Lipinski definition) is 4. The first-order valence-corrected chi connectivity index (χ1v) is 4.52. The molecule has 0 unspecified atom stereocenters. The van der Waals surface area contributed by atoms with E-state index >= 15 is 0 Å². The Morgan fingerprint density at radius 1 is 1.62 bits per heavy atom. The molecule has 0 aliphatic carbocycles. The fourth-order valence-electron chi connectivity index (χ4n) is 1.28. The Balaban J connectivity index is 2.38. The summed E-state index contributed by atoms with van der Waals surface area (Å²) in [6.45, 7) is 3.40. The van der Waals surface area contributed by atoms with Crippen molar-refractivity contribution in [3.63, 3.8) is 0 Å². The van der Waals surface area contributed by atoms with Crippen LogP contribution >= 0.6 is 0 Å². The molecule has 13 heavy (non-hydrogen) atoms. The van der Waals surface area contributed by atoms with Gasteiger partial charge in [0.15, 0.2) is 0 Å². The Morgan fingerprint density at radius 3 is 2.77 bits per heavy atom. The quantitative estimate of drug-likeness (QED) is 0.514. The maximum Gasteiger partial charge on any atom is 0.330 e. The van der Waals surface area contributed by atoms with Gasteiger partial charge in [0.1, 0.15) is 0 Å². The Bertz CT molecular complexity index is 203. The van der Waals surface area contributed by atoms with Gasteiger partial charge in [0.25, 0.3) is 0 Å². The van der Waals surface area contributed by atoms with Crippen LogP contribution in [0.15, 0.2) is 11.6 Å². The molecule has 4 nitrogen and oxygen atoms in total. The second kappa shape index (κ2) is 4.99. The molecule has 1 fully saturated rings. The lowest BCUT2D eigenvalue weighted by atomic mass is 10.1. The zero-order valence-corrected chi connectivity index (χ0v) is 7.82. The molecule has 1 aliphatic rings. The molecular weight excluding hydrogens is 170 g/mol. The molecule has 0 bridgehead atoms. The van der Waals surface area contributed by atoms with E-state index in [9.17, 15) is 4.79 Å². The minimum atomic E-state index is -0.274. The molecule has 4 heteroatoms. The van der Waals surface area contributed by atoms with Gasteiger partial charge in [0.2, 0.25) is 0 Å². The van der Waals surface area contributed by atoms with Crippen molar-refractivity contribution in [3.05, 3.63) is 11.6 Å². The molecule has 0 aromatic carbocycles. The van der Waals surface area contributed by atoms with Crippen LogP contribution in [0, 0.1) is 0 Å². The van der Waals surface area contributed by atoms with Crippen LogP contribution in [0.3, 0.4) is 0 Å². The van der Waals surface area contributed by atoms with E-state index in [0.717, 1.165) is 18.4 Å². The third-order valence-electron chi connectivity index (χ3n) is 1.99. The highest BCUT2D eigenvalue weighted by Crippen LogP contribution is 2.14. The predicted molar refractivity (Wildman–Crippen MR) is 47.3 cm³/mol. The van der Waals surface area contributed by atoms with Crippen LogP contribution in [-0.2, 0) is 9.53 Å². The number of ether oxygens (including phenoxy) is 1. The standard InChI is InChI=1S/C9H15NO3/c1-2-13-9(11)7-8-3-5-10(12)6-4-8/h7,12H,2-6H2,1H3. The van der Waals surface area contributed by atoms with Gasteiger partial charge in [0.05, 0.1) is 6.61 Å². The number of piperidine rings is 1. The largest absolute Gasteiger partial charge is 0.463 e. The number of rotatable bonds is 2. The summed E-state index contributed by atoms with van der Waals surface area (Å²) in [7, 11) is 0. The van der Waals surface area contributed by atoms with Crippen molar-refractivity contribution in [2.24, 2.45) is 0 Å². The molecule has 0 saturated carbocycles. The van der Waals surface area contributed by atoms with Crippen molar-refractivity contribution >= 4 is 5.97 Å². The van der Waals surface area contributed by atoms with Crippen LogP contribution in [0.2, 0.25) is 0 Å². The topological polar surface area (TPSA) is 49.8 Å². The summed E-state index contributed by atoms with van der Waals surface area (Å²) in [6, 6.07) is 0. The Morgan fingerprint density at radius 2 is 2.23 bits per heavy atom. The van der Waals surface area contributed by atoms with E-state index in [4.69, 9.17) is 9.94 Å². The predicted octanol–water partition coefficient (Wildman–Crippen LogP) is 0.961. The van der Waals surface area contributed by atoms with Gasteiger partial charge >= 0.3 is 5.97 Å². The summed E-state index contributed by atoms with van der Waals surface area (Å²) in [4.78, 5) is 11.0. The number of nitrogens with zero attached hydrogens (tertiary/aromatic N) is 1. The molecule has 1 aliphatic heterocycles. The fourth-order valence-corrected chi connectivity index (χ4v) is 1.28. The average molecular weight is 185 g/mol. The first-order chi connectivity index (χ1) is 6.22. The second-order valence-electron chi connectivity index (χ2n) is 3.01. The zero-order chi connectivity index (χ0) is 9.68. The van der Waals surface area contributed by atoms with Crippen LogP contribution in [-0.4, -0.2) is 35.9 Å². The summed E-state index contributed by atoms with van der Waals surface area (Å²) in [5, 5.41) is 10.3. The molecule has 0 spiro atoms. The molecular formula is C9H15NO3. The maximum absolute atomic E-state index is 11.0. The van der Waals surface area contributed by atoms with Gasteiger partial charge in [-0.15, -0.1) is 0 Å². The van der Waals surface area contributed by atoms with E-state index in [2.05, 4.69) is 0 Å². The Labute approximate surface area is 77.7 Å². The molecule has 0 atom stereocenters. The van der Waals surface area contributed by atoms with Crippen LogP contribution in [0.5, 0.6) is 0 Å². The molecule has 0 aromatic rings. The van der Waals surface area contributed by atoms with Gasteiger partial charge in [-0.1, -0.05) is 5.57 Å². The van der Waals surface area contributed by atoms with Gasteiger partial charge in [-0.2, -0.15) is 5.06 Å². The van der Waals surface area contributed by atoms with Gasteiger partial charge in [-0.3, -0.25) is 0 Å². The maximum atomic E-state index is 11.0. The summed E-state index contributed by atoms with van der Waals surface area (Å²) >= 11 is 0. The van der Waals surface area contributed by atoms with E-state index < -0.39 is 0 Å². The highest BCUT2D eigenvalue weighted by atomic mass is 16.5. The lowest BCUT2D eigenvalue weighted by Gasteiger charge is -2.21. The molecule has 0 radical (unpaired) electrons. The van der Waals surface area contributed by atoms with Gasteiger partial charge in [0, 0.05) is 19.2 Å². The molecule has 0 aromatic heterocycles. The monoisotopic (exact) mass is 185 g/mol. The third-order valence-corrected chi connectivity index (χ3v) is 1.99. The summed E-state index contributed by atoms with van der Waals surface area (Å²) in [6.07, 6.45) is 3.03. The highest BCUT2D eigenvalue weighted by molar-refractivity contribution is 5.82. The third kappa shape index (κ3) is 3.57. The first-order valence-electron chi connectivity index (χ1n) is 4.52. The number of hydroxylamine groups is 2. The molecule has 1 N–H and O–H groups in total. The van der Waals surface area contributed by atoms with Crippen molar-refractivity contribution in [2.75, 3.05) is 19.7 Å². The van der Waals surface area contributed by atoms with Crippen molar-refractivity contribution in [2.45, 2.75) is 19.8 Å². The van der Waals surface area contributed by atoms with Crippen molar-refractivity contribution in [1.29, 1.82) is 0 Å². The first kappa shape index (κ1) is 10.2. The van der Waals surface area contributed by atoms with Crippen LogP contribution in [0.25, 0.3) is 0 Å². The molecule has 74 valence electrons. The number of carbonyl (C=O) groups excluding carboxylic acids is 1. The van der Waals surface area contributed by atoms with Crippen molar-refractivity contribution in [3.8, 4) is 0 Å². The molecule has 0 amide bonds. The average Bonchev–Trinajstić information content (AvgIpc) is 2.09. The van der Waals surface area contributed by atoms with E-state index in [1.54, 1.807) is 6.92 Å². The van der Waals surface area contributed by atoms with E-state index in [1.165, 1.54) is 11.1 Å². The summed E-state index contributed by atoms with van der Waals surface area (Å²) in [5.41, 5.74) is 1.06. The number of esters is 1. The number of hydrogen-bond donors (Lipinski definition) is 1. The second-order valence-corrected chi connectivity index (χ2v) is 3.01. The van der Waals surface area contributed by atoms with E-state index in [-0.39, 0.29) is 5.97 Å². The Hall–Kier alpha value is -0.870. The van der Waals surface area contributed by atoms with Gasteiger partial charge in [-0.05, 0) is 19.8 Å². The minimum absolute atomic E-state index is 0.274. The van der Waals surface area contributed by atoms with E-state index in [1.807, 2.05) is 0 Å². The van der Waals surface area contributed by atoms with Crippen molar-refractivity contribution in [1.82, 2.24) is 5.06 Å². The van der Waals surface area contributed by atoms with Crippen LogP contribution < -0.4 is 0 Å². The lowest BCUT2D eigenvalue weighted by Crippen LogP contribution is -2.27. The minimum Gasteiger partial charge on any atom is -0.463 e. The van der Waals surface area contributed by atoms with Gasteiger partial charge in [-0.25, -0.2) is 4.79 Å². The Kier molecular flexibility index (Phi) is 3.92. The zero-order valence-electron chi connectivity index (χ0n) is 7.82. The molecule has 1 saturated heterocycles. The van der Waals surface area contributed by atoms with Crippen LogP contribution in [0.4, 0.5) is 0 Å². The van der Waals surface area contributed by atoms with E-state index in [0.29, 0.717) is 19.7 Å². The summed E-state index contributed by atoms with van der Waals surface area (Å²) in [5.74, 6) is -0.274. The van der Waals surface area contributed by atoms with Crippen LogP contribution in [0.1, 0.15) is 19.8 Å². The van der Waals surface area contributed by atoms with Gasteiger partial charge < -0.3 is 9.94 Å². The summed E-state index contributed by atoms with van der Waals surface area (Å²) < 4.78 is 4.78. The lowest BCUT2D eigenvalue weighted by molar-refractivity contribution is -0.137. The molecule has 1 rings (SSSR count). The normalized spacial score (nSPS) is 18.5.